The Kier molecular flexibility index (Phi) is 14.8. The third kappa shape index (κ3) is 14.9. The fourth-order valence-electron chi connectivity index (χ4n) is 2.70. The number of carbonyl (C=O) groups is 1. The van der Waals surface area contributed by atoms with Crippen molar-refractivity contribution in [2.75, 3.05) is 32.8 Å². The van der Waals surface area contributed by atoms with Crippen molar-refractivity contribution in [1.82, 2.24) is 16.0 Å². The number of carbonyl (C=O) groups excluding carboxylic acids is 1. The number of ether oxygens (including phenoxy) is 2. The molecule has 0 saturated heterocycles. The van der Waals surface area contributed by atoms with E-state index in [4.69, 9.17) is 9.47 Å². The third-order valence-corrected chi connectivity index (χ3v) is 3.89. The summed E-state index contributed by atoms with van der Waals surface area (Å²) in [5, 5.41) is 9.30. The van der Waals surface area contributed by atoms with Gasteiger partial charge < -0.3 is 25.4 Å². The van der Waals surface area contributed by atoms with Crippen LogP contribution < -0.4 is 16.0 Å². The summed E-state index contributed by atoms with van der Waals surface area (Å²) in [5.74, 6) is 0.811. The van der Waals surface area contributed by atoms with Crippen molar-refractivity contribution >= 4 is 36.0 Å². The SMILES string of the molecule is CCNC(=NCCCNC(=O)OC(C)(C)C)NCCCOC1CCCC1.I. The summed E-state index contributed by atoms with van der Waals surface area (Å²) in [6, 6.07) is 0. The van der Waals surface area contributed by atoms with Gasteiger partial charge in [0.05, 0.1) is 6.10 Å². The van der Waals surface area contributed by atoms with Gasteiger partial charge in [0.15, 0.2) is 5.96 Å². The topological polar surface area (TPSA) is 84.0 Å². The molecule has 0 aromatic carbocycles. The van der Waals surface area contributed by atoms with Crippen LogP contribution in [0, 0.1) is 0 Å². The summed E-state index contributed by atoms with van der Waals surface area (Å²) in [7, 11) is 0. The Balaban J connectivity index is 0.00000676. The Bertz CT molecular complexity index is 422. The number of alkyl carbamates (subject to hydrolysis) is 1. The normalized spacial score (nSPS) is 15.2. The fourth-order valence-corrected chi connectivity index (χ4v) is 2.70. The molecule has 0 aliphatic heterocycles. The molecule has 27 heavy (non-hydrogen) atoms. The Hall–Kier alpha value is -0.770. The second-order valence-corrected chi connectivity index (χ2v) is 7.60. The molecular weight excluding hydrogens is 459 g/mol. The molecular formula is C19H39IN4O3. The number of nitrogens with zero attached hydrogens (tertiary/aromatic N) is 1. The molecule has 8 heteroatoms. The lowest BCUT2D eigenvalue weighted by atomic mass is 10.2. The smallest absolute Gasteiger partial charge is 0.407 e. The third-order valence-electron chi connectivity index (χ3n) is 3.89. The molecule has 1 amide bonds. The van der Waals surface area contributed by atoms with Gasteiger partial charge in [0, 0.05) is 32.8 Å². The van der Waals surface area contributed by atoms with Gasteiger partial charge in [0.1, 0.15) is 5.60 Å². The Labute approximate surface area is 181 Å². The van der Waals surface area contributed by atoms with Crippen LogP contribution in [0.15, 0.2) is 4.99 Å². The maximum Gasteiger partial charge on any atom is 0.407 e. The first kappa shape index (κ1) is 26.2. The lowest BCUT2D eigenvalue weighted by Gasteiger charge is -2.19. The molecule has 1 fully saturated rings. The van der Waals surface area contributed by atoms with Crippen LogP contribution in [-0.4, -0.2) is 56.5 Å². The quantitative estimate of drug-likeness (QED) is 0.186. The predicted molar refractivity (Wildman–Crippen MR) is 121 cm³/mol. The molecule has 160 valence electrons. The van der Waals surface area contributed by atoms with Gasteiger partial charge in [-0.1, -0.05) is 12.8 Å². The van der Waals surface area contributed by atoms with E-state index in [2.05, 4.69) is 20.9 Å². The molecule has 0 aromatic heterocycles. The summed E-state index contributed by atoms with van der Waals surface area (Å²) in [5.41, 5.74) is -0.466. The van der Waals surface area contributed by atoms with Crippen LogP contribution in [0.5, 0.6) is 0 Å². The van der Waals surface area contributed by atoms with E-state index >= 15 is 0 Å². The molecule has 1 saturated carbocycles. The van der Waals surface area contributed by atoms with Gasteiger partial charge in [-0.15, -0.1) is 24.0 Å². The van der Waals surface area contributed by atoms with Gasteiger partial charge in [-0.2, -0.15) is 0 Å². The number of nitrogens with one attached hydrogen (secondary N) is 3. The summed E-state index contributed by atoms with van der Waals surface area (Å²) in [6.45, 7) is 11.3. The number of aliphatic imine (C=N–C) groups is 1. The average Bonchev–Trinajstić information content (AvgIpc) is 3.05. The molecule has 1 aliphatic rings. The van der Waals surface area contributed by atoms with Crippen LogP contribution in [0.4, 0.5) is 4.79 Å². The van der Waals surface area contributed by atoms with E-state index in [9.17, 15) is 4.79 Å². The van der Waals surface area contributed by atoms with Crippen molar-refractivity contribution in [1.29, 1.82) is 0 Å². The van der Waals surface area contributed by atoms with Crippen LogP contribution in [-0.2, 0) is 9.47 Å². The number of amides is 1. The van der Waals surface area contributed by atoms with Gasteiger partial charge in [-0.05, 0) is 53.4 Å². The van der Waals surface area contributed by atoms with E-state index in [0.29, 0.717) is 19.2 Å². The van der Waals surface area contributed by atoms with Crippen molar-refractivity contribution in [2.45, 2.75) is 77.9 Å². The van der Waals surface area contributed by atoms with Crippen molar-refractivity contribution in [3.63, 3.8) is 0 Å². The Morgan fingerprint density at radius 2 is 1.74 bits per heavy atom. The highest BCUT2D eigenvalue weighted by Gasteiger charge is 2.15. The fraction of sp³-hybridized carbons (Fsp3) is 0.895. The minimum Gasteiger partial charge on any atom is -0.444 e. The van der Waals surface area contributed by atoms with Gasteiger partial charge in [0.2, 0.25) is 0 Å². The highest BCUT2D eigenvalue weighted by Crippen LogP contribution is 2.20. The summed E-state index contributed by atoms with van der Waals surface area (Å²) >= 11 is 0. The van der Waals surface area contributed by atoms with E-state index < -0.39 is 5.60 Å². The molecule has 0 bridgehead atoms. The molecule has 1 aliphatic carbocycles. The van der Waals surface area contributed by atoms with Crippen molar-refractivity contribution < 1.29 is 14.3 Å². The molecule has 1 rings (SSSR count). The number of halogens is 1. The van der Waals surface area contributed by atoms with Gasteiger partial charge >= 0.3 is 6.09 Å². The van der Waals surface area contributed by atoms with Crippen LogP contribution in [0.2, 0.25) is 0 Å². The molecule has 0 radical (unpaired) electrons. The molecule has 0 spiro atoms. The minimum absolute atomic E-state index is 0. The average molecular weight is 498 g/mol. The molecule has 3 N–H and O–H groups in total. The maximum atomic E-state index is 11.6. The van der Waals surface area contributed by atoms with Crippen LogP contribution >= 0.6 is 24.0 Å². The lowest BCUT2D eigenvalue weighted by molar-refractivity contribution is 0.0527. The second kappa shape index (κ2) is 15.2. The molecule has 0 aromatic rings. The monoisotopic (exact) mass is 498 g/mol. The zero-order valence-corrected chi connectivity index (χ0v) is 19.8. The predicted octanol–water partition coefficient (Wildman–Crippen LogP) is 3.42. The highest BCUT2D eigenvalue weighted by molar-refractivity contribution is 14.0. The summed E-state index contributed by atoms with van der Waals surface area (Å²) in [6.07, 6.45) is 6.89. The first-order valence-corrected chi connectivity index (χ1v) is 10.0. The van der Waals surface area contributed by atoms with Crippen LogP contribution in [0.25, 0.3) is 0 Å². The van der Waals surface area contributed by atoms with Gasteiger partial charge in [-0.3, -0.25) is 4.99 Å². The van der Waals surface area contributed by atoms with Crippen LogP contribution in [0.3, 0.4) is 0 Å². The van der Waals surface area contributed by atoms with Crippen molar-refractivity contribution in [2.24, 2.45) is 4.99 Å². The van der Waals surface area contributed by atoms with E-state index in [-0.39, 0.29) is 30.1 Å². The molecule has 7 nitrogen and oxygen atoms in total. The zero-order valence-electron chi connectivity index (χ0n) is 17.4. The first-order valence-electron chi connectivity index (χ1n) is 10.0. The lowest BCUT2D eigenvalue weighted by Crippen LogP contribution is -2.38. The first-order chi connectivity index (χ1) is 12.4. The number of rotatable bonds is 10. The highest BCUT2D eigenvalue weighted by atomic mass is 127. The van der Waals surface area contributed by atoms with Crippen LogP contribution in [0.1, 0.15) is 66.2 Å². The van der Waals surface area contributed by atoms with E-state index in [1.165, 1.54) is 25.7 Å². The van der Waals surface area contributed by atoms with Gasteiger partial charge in [0.25, 0.3) is 0 Å². The summed E-state index contributed by atoms with van der Waals surface area (Å²) in [4.78, 5) is 16.1. The number of hydrogen-bond acceptors (Lipinski definition) is 4. The maximum absolute atomic E-state index is 11.6. The van der Waals surface area contributed by atoms with E-state index in [0.717, 1.165) is 38.5 Å². The van der Waals surface area contributed by atoms with Crippen molar-refractivity contribution in [3.05, 3.63) is 0 Å². The molecule has 0 heterocycles. The number of hydrogen-bond donors (Lipinski definition) is 3. The largest absolute Gasteiger partial charge is 0.444 e. The second-order valence-electron chi connectivity index (χ2n) is 7.60. The van der Waals surface area contributed by atoms with Gasteiger partial charge in [-0.25, -0.2) is 4.79 Å². The number of guanidine groups is 1. The Morgan fingerprint density at radius 1 is 1.07 bits per heavy atom. The summed E-state index contributed by atoms with van der Waals surface area (Å²) < 4.78 is 11.1. The minimum atomic E-state index is -0.466. The zero-order chi connectivity index (χ0) is 19.3. The van der Waals surface area contributed by atoms with E-state index in [1.54, 1.807) is 0 Å². The van der Waals surface area contributed by atoms with Crippen molar-refractivity contribution in [3.8, 4) is 0 Å². The van der Waals surface area contributed by atoms with E-state index in [1.807, 2.05) is 27.7 Å². The molecule has 0 unspecified atom stereocenters. The molecule has 0 atom stereocenters. The Morgan fingerprint density at radius 3 is 2.37 bits per heavy atom. The standard InChI is InChI=1S/C19H38N4O3.HI/c1-5-20-17(22-14-9-15-25-16-10-6-7-11-16)21-12-8-13-23-18(24)26-19(2,3)4;/h16H,5-15H2,1-4H3,(H,23,24)(H2,20,21,22);1H.